The molecule has 0 spiro atoms. The molecule has 1 aliphatic heterocycles. The second-order valence-electron chi connectivity index (χ2n) is 9.71. The highest BCUT2D eigenvalue weighted by Crippen LogP contribution is 2.60. The third kappa shape index (κ3) is 3.55. The van der Waals surface area contributed by atoms with Crippen LogP contribution in [0.3, 0.4) is 0 Å². The minimum atomic E-state index is -1.45. The van der Waals surface area contributed by atoms with E-state index in [4.69, 9.17) is 9.47 Å². The summed E-state index contributed by atoms with van der Waals surface area (Å²) in [5.74, 6) is 0.350. The fourth-order valence-electron chi connectivity index (χ4n) is 5.87. The van der Waals surface area contributed by atoms with E-state index < -0.39 is 37.3 Å². The molecule has 3 aliphatic rings. The molecule has 1 saturated heterocycles. The lowest BCUT2D eigenvalue weighted by atomic mass is 9.47. The molecule has 0 bridgehead atoms. The lowest BCUT2D eigenvalue weighted by Gasteiger charge is -2.59. The smallest absolute Gasteiger partial charge is 0.186 e. The van der Waals surface area contributed by atoms with E-state index in [2.05, 4.69) is 27.4 Å². The lowest BCUT2D eigenvalue weighted by molar-refractivity contribution is -0.305. The van der Waals surface area contributed by atoms with Crippen LogP contribution in [-0.2, 0) is 9.47 Å². The van der Waals surface area contributed by atoms with E-state index in [1.54, 1.807) is 0 Å². The van der Waals surface area contributed by atoms with Gasteiger partial charge in [0.1, 0.15) is 24.4 Å². The molecule has 0 amide bonds. The molecule has 0 radical (unpaired) electrons. The van der Waals surface area contributed by atoms with Gasteiger partial charge in [0.05, 0.1) is 19.3 Å². The summed E-state index contributed by atoms with van der Waals surface area (Å²) in [6, 6.07) is 0. The van der Waals surface area contributed by atoms with Gasteiger partial charge in [0.15, 0.2) is 6.29 Å². The first-order chi connectivity index (χ1) is 13.0. The Kier molecular flexibility index (Phi) is 6.29. The summed E-state index contributed by atoms with van der Waals surface area (Å²) in [4.78, 5) is 0. The molecular weight excluding hydrogens is 364 g/mol. The summed E-state index contributed by atoms with van der Waals surface area (Å²) in [6.45, 7) is 10.5. The molecule has 2 saturated carbocycles. The van der Waals surface area contributed by atoms with Crippen LogP contribution in [0.2, 0.25) is 0 Å². The summed E-state index contributed by atoms with van der Waals surface area (Å²) in [6.07, 6.45) is -3.25. The van der Waals surface area contributed by atoms with Gasteiger partial charge in [0.2, 0.25) is 0 Å². The van der Waals surface area contributed by atoms with E-state index in [0.717, 1.165) is 31.3 Å². The van der Waals surface area contributed by atoms with Crippen LogP contribution in [0.1, 0.15) is 46.5 Å². The molecular formula is C21H36O7. The van der Waals surface area contributed by atoms with Gasteiger partial charge in [-0.05, 0) is 42.4 Å². The van der Waals surface area contributed by atoms with Gasteiger partial charge in [0, 0.05) is 5.92 Å². The monoisotopic (exact) mass is 400 g/mol. The molecule has 7 heteroatoms. The van der Waals surface area contributed by atoms with Gasteiger partial charge < -0.3 is 35.0 Å². The molecule has 28 heavy (non-hydrogen) atoms. The first kappa shape index (κ1) is 22.2. The second-order valence-corrected chi connectivity index (χ2v) is 9.71. The highest BCUT2D eigenvalue weighted by molar-refractivity contribution is 5.17. The van der Waals surface area contributed by atoms with Crippen LogP contribution in [0.25, 0.3) is 0 Å². The van der Waals surface area contributed by atoms with Crippen molar-refractivity contribution in [1.82, 2.24) is 0 Å². The highest BCUT2D eigenvalue weighted by Gasteiger charge is 2.56. The maximum Gasteiger partial charge on any atom is 0.186 e. The Morgan fingerprint density at radius 1 is 1.07 bits per heavy atom. The second kappa shape index (κ2) is 7.95. The van der Waals surface area contributed by atoms with E-state index in [9.17, 15) is 25.5 Å². The number of fused-ring (bicyclic) bond motifs is 1. The summed E-state index contributed by atoms with van der Waals surface area (Å²) in [5.41, 5.74) is 0.803. The van der Waals surface area contributed by atoms with Gasteiger partial charge in [-0.2, -0.15) is 0 Å². The minimum absolute atomic E-state index is 0.0328. The molecule has 2 aliphatic carbocycles. The molecule has 3 rings (SSSR count). The molecule has 0 aromatic rings. The summed E-state index contributed by atoms with van der Waals surface area (Å²) < 4.78 is 11.4. The number of hydrogen-bond acceptors (Lipinski definition) is 7. The Hall–Kier alpha value is -0.540. The van der Waals surface area contributed by atoms with Crippen LogP contribution in [0.15, 0.2) is 12.2 Å². The molecule has 1 heterocycles. The SMILES string of the molecule is C=C1CC[C@H]2C(C)(C)[C@@H](O)CC[C@]2(C)[C@H]1CO[C@@H]1O[C@H](CO)[C@@H](O)[C@H](O)[C@H]1O. The Labute approximate surface area is 167 Å². The number of rotatable bonds is 4. The highest BCUT2D eigenvalue weighted by atomic mass is 16.7. The molecule has 7 nitrogen and oxygen atoms in total. The van der Waals surface area contributed by atoms with Gasteiger partial charge >= 0.3 is 0 Å². The van der Waals surface area contributed by atoms with Crippen molar-refractivity contribution in [2.24, 2.45) is 22.7 Å². The largest absolute Gasteiger partial charge is 0.394 e. The number of ether oxygens (including phenoxy) is 2. The van der Waals surface area contributed by atoms with Crippen LogP contribution in [0.5, 0.6) is 0 Å². The van der Waals surface area contributed by atoms with Crippen molar-refractivity contribution < 1.29 is 35.0 Å². The van der Waals surface area contributed by atoms with Crippen LogP contribution in [0, 0.1) is 22.7 Å². The van der Waals surface area contributed by atoms with Gasteiger partial charge in [-0.1, -0.05) is 32.9 Å². The number of hydrogen-bond donors (Lipinski definition) is 5. The van der Waals surface area contributed by atoms with Crippen molar-refractivity contribution in [1.29, 1.82) is 0 Å². The predicted octanol–water partition coefficient (Wildman–Crippen LogP) is 0.572. The molecule has 0 aromatic carbocycles. The molecule has 0 aromatic heterocycles. The van der Waals surface area contributed by atoms with E-state index >= 15 is 0 Å². The Bertz CT molecular complexity index is 577. The van der Waals surface area contributed by atoms with E-state index in [1.807, 2.05) is 0 Å². The predicted molar refractivity (Wildman–Crippen MR) is 102 cm³/mol. The van der Waals surface area contributed by atoms with Gasteiger partial charge in [-0.15, -0.1) is 0 Å². The summed E-state index contributed by atoms with van der Waals surface area (Å²) >= 11 is 0. The van der Waals surface area contributed by atoms with Crippen LogP contribution in [-0.4, -0.2) is 75.6 Å². The third-order valence-electron chi connectivity index (χ3n) is 7.83. The summed E-state index contributed by atoms with van der Waals surface area (Å²) in [5, 5.41) is 50.0. The third-order valence-corrected chi connectivity index (χ3v) is 7.83. The normalized spacial score (nSPS) is 48.9. The molecule has 162 valence electrons. The van der Waals surface area contributed by atoms with Crippen molar-refractivity contribution in [3.8, 4) is 0 Å². The maximum atomic E-state index is 10.5. The first-order valence-corrected chi connectivity index (χ1v) is 10.3. The van der Waals surface area contributed by atoms with E-state index in [1.165, 1.54) is 0 Å². The average Bonchev–Trinajstić information content (AvgIpc) is 2.64. The van der Waals surface area contributed by atoms with E-state index in [0.29, 0.717) is 5.92 Å². The van der Waals surface area contributed by atoms with Crippen LogP contribution < -0.4 is 0 Å². The molecule has 5 N–H and O–H groups in total. The zero-order valence-corrected chi connectivity index (χ0v) is 17.1. The van der Waals surface area contributed by atoms with E-state index in [-0.39, 0.29) is 29.5 Å². The van der Waals surface area contributed by atoms with Crippen LogP contribution >= 0.6 is 0 Å². The zero-order chi connectivity index (χ0) is 20.9. The van der Waals surface area contributed by atoms with Crippen LogP contribution in [0.4, 0.5) is 0 Å². The lowest BCUT2D eigenvalue weighted by Crippen LogP contribution is -2.60. The molecule has 3 fully saturated rings. The number of aliphatic hydroxyl groups is 5. The van der Waals surface area contributed by atoms with Gasteiger partial charge in [0.25, 0.3) is 0 Å². The van der Waals surface area contributed by atoms with Crippen molar-refractivity contribution in [3.63, 3.8) is 0 Å². The Morgan fingerprint density at radius 2 is 1.75 bits per heavy atom. The Balaban J connectivity index is 1.75. The Morgan fingerprint density at radius 3 is 2.39 bits per heavy atom. The fourth-order valence-corrected chi connectivity index (χ4v) is 5.87. The molecule has 0 unspecified atom stereocenters. The zero-order valence-electron chi connectivity index (χ0n) is 17.1. The van der Waals surface area contributed by atoms with Crippen molar-refractivity contribution in [2.45, 2.75) is 83.3 Å². The summed E-state index contributed by atoms with van der Waals surface area (Å²) in [7, 11) is 0. The van der Waals surface area contributed by atoms with Crippen molar-refractivity contribution >= 4 is 0 Å². The van der Waals surface area contributed by atoms with Gasteiger partial charge in [-0.3, -0.25) is 0 Å². The standard InChI is InChI=1S/C21H36O7/c1-11-5-6-14-20(2,3)15(23)7-8-21(14,4)12(11)10-27-19-18(26)17(25)16(24)13(9-22)28-19/h12-19,22-26H,1,5-10H2,2-4H3/t12-,13+,14-,15-,16+,17-,18+,19+,21+/m0/s1. The van der Waals surface area contributed by atoms with Crippen molar-refractivity contribution in [3.05, 3.63) is 12.2 Å². The van der Waals surface area contributed by atoms with Crippen molar-refractivity contribution in [2.75, 3.05) is 13.2 Å². The topological polar surface area (TPSA) is 120 Å². The minimum Gasteiger partial charge on any atom is -0.394 e. The first-order valence-electron chi connectivity index (χ1n) is 10.3. The van der Waals surface area contributed by atoms with Gasteiger partial charge in [-0.25, -0.2) is 0 Å². The quantitative estimate of drug-likeness (QED) is 0.438. The number of aliphatic hydroxyl groups excluding tert-OH is 5. The molecule has 9 atom stereocenters. The maximum absolute atomic E-state index is 10.5. The average molecular weight is 401 g/mol. The fraction of sp³-hybridized carbons (Fsp3) is 0.905.